The number of ketones is 1. The van der Waals surface area contributed by atoms with Crippen molar-refractivity contribution in [3.05, 3.63) is 0 Å². The van der Waals surface area contributed by atoms with Crippen molar-refractivity contribution in [1.82, 2.24) is 0 Å². The highest BCUT2D eigenvalue weighted by molar-refractivity contribution is 5.91. The molecule has 0 aromatic heterocycles. The number of carbonyl (C=O) groups is 1. The van der Waals surface area contributed by atoms with Crippen LogP contribution in [0.5, 0.6) is 0 Å². The third kappa shape index (κ3) is 1.24. The quantitative estimate of drug-likeness (QED) is 0.694. The van der Waals surface area contributed by atoms with Crippen LogP contribution in [0.2, 0.25) is 0 Å². The maximum absolute atomic E-state index is 12.8. The number of hydrogen-bond acceptors (Lipinski definition) is 1. The Hall–Kier alpha value is -0.330. The van der Waals surface area contributed by atoms with Gasteiger partial charge in [0, 0.05) is 11.3 Å². The summed E-state index contributed by atoms with van der Waals surface area (Å²) in [6.07, 6.45) is 9.87. The van der Waals surface area contributed by atoms with Crippen molar-refractivity contribution < 1.29 is 4.79 Å². The number of carbonyl (C=O) groups excluding carboxylic acids is 1. The molecule has 0 unspecified atom stereocenters. The molecule has 1 nitrogen and oxygen atoms in total. The summed E-state index contributed by atoms with van der Waals surface area (Å²) in [5.74, 6) is 1.09. The summed E-state index contributed by atoms with van der Waals surface area (Å²) >= 11 is 0. The molecule has 3 fully saturated rings. The molecule has 3 rings (SSSR count). The average molecular weight is 234 g/mol. The van der Waals surface area contributed by atoms with Gasteiger partial charge in [-0.3, -0.25) is 4.79 Å². The van der Waals surface area contributed by atoms with Gasteiger partial charge >= 0.3 is 0 Å². The summed E-state index contributed by atoms with van der Waals surface area (Å²) in [7, 11) is 0. The van der Waals surface area contributed by atoms with Gasteiger partial charge in [-0.2, -0.15) is 0 Å². The molecule has 0 heterocycles. The Morgan fingerprint density at radius 1 is 1.24 bits per heavy atom. The topological polar surface area (TPSA) is 17.1 Å². The van der Waals surface area contributed by atoms with Crippen LogP contribution in [0.1, 0.15) is 72.1 Å². The molecule has 0 saturated heterocycles. The first-order chi connectivity index (χ1) is 7.97. The molecule has 0 aromatic carbocycles. The van der Waals surface area contributed by atoms with Crippen LogP contribution in [0.25, 0.3) is 0 Å². The molecule has 96 valence electrons. The van der Waals surface area contributed by atoms with Crippen LogP contribution in [0, 0.1) is 22.2 Å². The molecule has 0 aliphatic heterocycles. The fourth-order valence-corrected chi connectivity index (χ4v) is 5.64. The second-order valence-electron chi connectivity index (χ2n) is 7.56. The van der Waals surface area contributed by atoms with Crippen molar-refractivity contribution in [3.63, 3.8) is 0 Å². The highest BCUT2D eigenvalue weighted by Crippen LogP contribution is 2.73. The van der Waals surface area contributed by atoms with E-state index in [0.29, 0.717) is 22.5 Å². The Morgan fingerprint density at radius 2 is 2.00 bits per heavy atom. The minimum Gasteiger partial charge on any atom is -0.299 e. The summed E-state index contributed by atoms with van der Waals surface area (Å²) in [4.78, 5) is 12.8. The van der Waals surface area contributed by atoms with E-state index in [9.17, 15) is 4.79 Å². The largest absolute Gasteiger partial charge is 0.299 e. The predicted octanol–water partition coefficient (Wildman–Crippen LogP) is 4.35. The Bertz CT molecular complexity index is 357. The molecule has 0 N–H and O–H groups in total. The Kier molecular flexibility index (Phi) is 2.32. The van der Waals surface area contributed by atoms with Crippen molar-refractivity contribution in [1.29, 1.82) is 0 Å². The zero-order chi connectivity index (χ0) is 12.3. The van der Waals surface area contributed by atoms with E-state index in [1.807, 2.05) is 0 Å². The van der Waals surface area contributed by atoms with E-state index in [0.717, 1.165) is 6.42 Å². The van der Waals surface area contributed by atoms with Gasteiger partial charge in [-0.25, -0.2) is 0 Å². The number of hydrogen-bond donors (Lipinski definition) is 0. The van der Waals surface area contributed by atoms with E-state index < -0.39 is 0 Å². The van der Waals surface area contributed by atoms with Crippen LogP contribution in [-0.2, 0) is 4.79 Å². The van der Waals surface area contributed by atoms with E-state index in [1.54, 1.807) is 0 Å². The summed E-state index contributed by atoms with van der Waals surface area (Å²) < 4.78 is 0. The fraction of sp³-hybridized carbons (Fsp3) is 0.938. The summed E-state index contributed by atoms with van der Waals surface area (Å²) in [6, 6.07) is 0. The van der Waals surface area contributed by atoms with Crippen molar-refractivity contribution in [3.8, 4) is 0 Å². The van der Waals surface area contributed by atoms with Crippen molar-refractivity contribution >= 4 is 5.78 Å². The van der Waals surface area contributed by atoms with E-state index in [4.69, 9.17) is 0 Å². The average Bonchev–Trinajstić information content (AvgIpc) is 2.74. The van der Waals surface area contributed by atoms with Crippen LogP contribution < -0.4 is 0 Å². The van der Waals surface area contributed by atoms with Crippen LogP contribution in [-0.4, -0.2) is 5.78 Å². The SMILES string of the molecule is CCC[C@@]12CC[C@@]3(C1)[C@@H](CCCC3(C)C)C2=O. The maximum Gasteiger partial charge on any atom is 0.142 e. The Balaban J connectivity index is 2.02. The Labute approximate surface area is 105 Å². The van der Waals surface area contributed by atoms with Crippen molar-refractivity contribution in [2.45, 2.75) is 72.1 Å². The summed E-state index contributed by atoms with van der Waals surface area (Å²) in [6.45, 7) is 7.10. The van der Waals surface area contributed by atoms with E-state index in [2.05, 4.69) is 20.8 Å². The summed E-state index contributed by atoms with van der Waals surface area (Å²) in [5.41, 5.74) is 0.899. The van der Waals surface area contributed by atoms with Gasteiger partial charge in [0.2, 0.25) is 0 Å². The van der Waals surface area contributed by atoms with E-state index >= 15 is 0 Å². The number of rotatable bonds is 2. The molecule has 1 heteroatoms. The predicted molar refractivity (Wildman–Crippen MR) is 69.8 cm³/mol. The number of Topliss-reactive ketones (excluding diaryl/α,β-unsaturated/α-hetero) is 1. The minimum absolute atomic E-state index is 0.112. The second-order valence-corrected chi connectivity index (χ2v) is 7.56. The number of fused-ring (bicyclic) bond motifs is 1. The lowest BCUT2D eigenvalue weighted by molar-refractivity contribution is -0.137. The van der Waals surface area contributed by atoms with Crippen LogP contribution in [0.4, 0.5) is 0 Å². The smallest absolute Gasteiger partial charge is 0.142 e. The monoisotopic (exact) mass is 234 g/mol. The third-order valence-corrected chi connectivity index (χ3v) is 6.58. The zero-order valence-electron chi connectivity index (χ0n) is 11.6. The molecule has 3 atom stereocenters. The minimum atomic E-state index is 0.112. The highest BCUT2D eigenvalue weighted by Gasteiger charge is 2.69. The first kappa shape index (κ1) is 11.7. The fourth-order valence-electron chi connectivity index (χ4n) is 5.64. The molecule has 17 heavy (non-hydrogen) atoms. The first-order valence-corrected chi connectivity index (χ1v) is 7.52. The van der Waals surface area contributed by atoms with Gasteiger partial charge in [0.15, 0.2) is 0 Å². The van der Waals surface area contributed by atoms with Crippen LogP contribution >= 0.6 is 0 Å². The van der Waals surface area contributed by atoms with E-state index in [-0.39, 0.29) is 5.41 Å². The molecular formula is C16H26O. The van der Waals surface area contributed by atoms with Crippen LogP contribution in [0.3, 0.4) is 0 Å². The van der Waals surface area contributed by atoms with Gasteiger partial charge in [0.05, 0.1) is 0 Å². The molecule has 1 spiro atoms. The van der Waals surface area contributed by atoms with E-state index in [1.165, 1.54) is 44.9 Å². The molecule has 0 radical (unpaired) electrons. The molecule has 3 aliphatic rings. The first-order valence-electron chi connectivity index (χ1n) is 7.52. The lowest BCUT2D eigenvalue weighted by Gasteiger charge is -2.51. The van der Waals surface area contributed by atoms with Gasteiger partial charge in [-0.15, -0.1) is 0 Å². The molecule has 3 aliphatic carbocycles. The lowest BCUT2D eigenvalue weighted by Crippen LogP contribution is -2.46. The molecular weight excluding hydrogens is 208 g/mol. The highest BCUT2D eigenvalue weighted by atomic mass is 16.1. The van der Waals surface area contributed by atoms with Crippen LogP contribution in [0.15, 0.2) is 0 Å². The zero-order valence-corrected chi connectivity index (χ0v) is 11.6. The Morgan fingerprint density at radius 3 is 2.65 bits per heavy atom. The van der Waals surface area contributed by atoms with Crippen molar-refractivity contribution in [2.75, 3.05) is 0 Å². The standard InChI is InChI=1S/C16H26O/c1-4-7-15-9-10-16(11-15)12(13(15)17)6-5-8-14(16,2)3/h12H,4-11H2,1-3H3/t12-,15+,16+/m0/s1. The molecule has 3 saturated carbocycles. The normalized spacial score (nSPS) is 47.2. The lowest BCUT2D eigenvalue weighted by atomic mass is 9.53. The summed E-state index contributed by atoms with van der Waals surface area (Å²) in [5, 5.41) is 0. The van der Waals surface area contributed by atoms with Crippen molar-refractivity contribution in [2.24, 2.45) is 22.2 Å². The maximum atomic E-state index is 12.8. The second kappa shape index (κ2) is 3.36. The molecule has 2 bridgehead atoms. The molecule has 0 aromatic rings. The third-order valence-electron chi connectivity index (χ3n) is 6.58. The van der Waals surface area contributed by atoms with Gasteiger partial charge in [0.1, 0.15) is 5.78 Å². The van der Waals surface area contributed by atoms with Gasteiger partial charge in [-0.1, -0.05) is 33.6 Å². The van der Waals surface area contributed by atoms with Gasteiger partial charge in [0.25, 0.3) is 0 Å². The van der Waals surface area contributed by atoms with Gasteiger partial charge < -0.3 is 0 Å². The molecule has 0 amide bonds. The van der Waals surface area contributed by atoms with Gasteiger partial charge in [-0.05, 0) is 49.4 Å².